The minimum Gasteiger partial charge on any atom is -0.352 e. The molecule has 1 aromatic carbocycles. The molecule has 4 rings (SSSR count). The Morgan fingerprint density at radius 3 is 2.67 bits per heavy atom. The molecule has 2 heterocycles. The lowest BCUT2D eigenvalue weighted by molar-refractivity contribution is -0.123. The van der Waals surface area contributed by atoms with Crippen LogP contribution in [0, 0.1) is 11.3 Å². The van der Waals surface area contributed by atoms with E-state index < -0.39 is 0 Å². The third-order valence-corrected chi connectivity index (χ3v) is 5.74. The van der Waals surface area contributed by atoms with E-state index in [1.807, 2.05) is 12.1 Å². The van der Waals surface area contributed by atoms with Gasteiger partial charge in [-0.05, 0) is 54.8 Å². The molecule has 7 heteroatoms. The largest absolute Gasteiger partial charge is 0.352 e. The average molecular weight is 385 g/mol. The molecule has 1 saturated heterocycles. The minimum atomic E-state index is -0.128. The van der Waals surface area contributed by atoms with Crippen molar-refractivity contribution in [3.8, 4) is 0 Å². The molecule has 1 aromatic heterocycles. The number of nitrogens with zero attached hydrogens (tertiary/aromatic N) is 2. The van der Waals surface area contributed by atoms with Gasteiger partial charge in [-0.15, -0.1) is 0 Å². The van der Waals surface area contributed by atoms with Crippen LogP contribution in [0.25, 0.3) is 0 Å². The van der Waals surface area contributed by atoms with E-state index in [2.05, 4.69) is 15.6 Å². The van der Waals surface area contributed by atoms with Crippen LogP contribution in [0.4, 0.5) is 10.5 Å². The number of carbonyl (C=O) groups excluding carboxylic acids is 2. The number of carbonyl (C=O) groups is 2. The first-order chi connectivity index (χ1) is 13.1. The summed E-state index contributed by atoms with van der Waals surface area (Å²) >= 11 is 5.87. The molecule has 2 atom stereocenters. The highest BCUT2D eigenvalue weighted by Gasteiger charge is 2.61. The van der Waals surface area contributed by atoms with Gasteiger partial charge in [-0.3, -0.25) is 9.78 Å². The van der Waals surface area contributed by atoms with Gasteiger partial charge in [0.15, 0.2) is 0 Å². The third-order valence-electron chi connectivity index (χ3n) is 5.49. The van der Waals surface area contributed by atoms with Crippen LogP contribution in [0.5, 0.6) is 0 Å². The Hall–Kier alpha value is -2.60. The number of anilines is 1. The molecular formula is C20H21ClN4O2. The van der Waals surface area contributed by atoms with Crippen molar-refractivity contribution in [3.63, 3.8) is 0 Å². The van der Waals surface area contributed by atoms with Gasteiger partial charge in [-0.25, -0.2) is 4.79 Å². The molecule has 1 saturated carbocycles. The molecule has 3 amide bonds. The summed E-state index contributed by atoms with van der Waals surface area (Å²) in [5, 5.41) is 6.52. The molecule has 2 fully saturated rings. The Balaban J connectivity index is 1.28. The number of hydrogen-bond acceptors (Lipinski definition) is 3. The molecule has 0 unspecified atom stereocenters. The molecule has 27 heavy (non-hydrogen) atoms. The number of amides is 3. The van der Waals surface area contributed by atoms with E-state index in [-0.39, 0.29) is 23.3 Å². The van der Waals surface area contributed by atoms with Gasteiger partial charge in [-0.1, -0.05) is 11.6 Å². The van der Waals surface area contributed by atoms with Crippen molar-refractivity contribution in [2.45, 2.75) is 19.4 Å². The maximum Gasteiger partial charge on any atom is 0.321 e. The van der Waals surface area contributed by atoms with E-state index in [4.69, 9.17) is 11.6 Å². The topological polar surface area (TPSA) is 74.3 Å². The quantitative estimate of drug-likeness (QED) is 0.849. The van der Waals surface area contributed by atoms with Crippen molar-refractivity contribution >= 4 is 29.2 Å². The number of benzene rings is 1. The molecule has 0 bridgehead atoms. The molecule has 2 N–H and O–H groups in total. The summed E-state index contributed by atoms with van der Waals surface area (Å²) in [5.41, 5.74) is 1.69. The van der Waals surface area contributed by atoms with E-state index in [1.54, 1.807) is 41.6 Å². The van der Waals surface area contributed by atoms with Gasteiger partial charge < -0.3 is 15.5 Å². The van der Waals surface area contributed by atoms with Crippen molar-refractivity contribution in [2.24, 2.45) is 11.3 Å². The Kier molecular flexibility index (Phi) is 4.74. The highest BCUT2D eigenvalue weighted by atomic mass is 35.5. The second-order valence-electron chi connectivity index (χ2n) is 7.30. The second-order valence-corrected chi connectivity index (χ2v) is 7.74. The van der Waals surface area contributed by atoms with E-state index in [0.29, 0.717) is 30.3 Å². The van der Waals surface area contributed by atoms with Crippen LogP contribution < -0.4 is 10.6 Å². The number of rotatable bonds is 4. The zero-order chi connectivity index (χ0) is 18.9. The molecule has 1 spiro atoms. The zero-order valence-electron chi connectivity index (χ0n) is 14.8. The molecule has 2 aliphatic rings. The lowest BCUT2D eigenvalue weighted by atomic mass is 10.0. The summed E-state index contributed by atoms with van der Waals surface area (Å²) < 4.78 is 0. The highest BCUT2D eigenvalue weighted by molar-refractivity contribution is 6.30. The van der Waals surface area contributed by atoms with E-state index in [1.165, 1.54) is 0 Å². The predicted molar refractivity (Wildman–Crippen MR) is 103 cm³/mol. The van der Waals surface area contributed by atoms with E-state index >= 15 is 0 Å². The molecule has 2 aromatic rings. The molecule has 140 valence electrons. The minimum absolute atomic E-state index is 0.00679. The monoisotopic (exact) mass is 384 g/mol. The van der Waals surface area contributed by atoms with Crippen LogP contribution >= 0.6 is 11.6 Å². The molecule has 1 aliphatic heterocycles. The molecular weight excluding hydrogens is 364 g/mol. The summed E-state index contributed by atoms with van der Waals surface area (Å²) in [6.07, 6.45) is 5.15. The number of urea groups is 1. The first-order valence-corrected chi connectivity index (χ1v) is 9.42. The van der Waals surface area contributed by atoms with Crippen molar-refractivity contribution in [1.29, 1.82) is 0 Å². The Bertz CT molecular complexity index is 843. The van der Waals surface area contributed by atoms with Gasteiger partial charge in [0.25, 0.3) is 0 Å². The normalized spacial score (nSPS) is 23.3. The number of pyridine rings is 1. The first kappa shape index (κ1) is 17.8. The van der Waals surface area contributed by atoms with Crippen LogP contribution in [-0.2, 0) is 11.3 Å². The maximum atomic E-state index is 12.5. The Morgan fingerprint density at radius 1 is 1.19 bits per heavy atom. The number of likely N-dealkylation sites (tertiary alicyclic amines) is 1. The fourth-order valence-electron chi connectivity index (χ4n) is 3.79. The smallest absolute Gasteiger partial charge is 0.321 e. The Labute approximate surface area is 162 Å². The fourth-order valence-corrected chi connectivity index (χ4v) is 3.91. The van der Waals surface area contributed by atoms with Crippen LogP contribution in [0.3, 0.4) is 0 Å². The van der Waals surface area contributed by atoms with Gasteiger partial charge in [-0.2, -0.15) is 0 Å². The van der Waals surface area contributed by atoms with Crippen LogP contribution in [0.1, 0.15) is 18.4 Å². The summed E-state index contributed by atoms with van der Waals surface area (Å²) in [5.74, 6) is 0.0689. The van der Waals surface area contributed by atoms with Gasteiger partial charge in [0, 0.05) is 54.1 Å². The lowest BCUT2D eigenvalue weighted by Crippen LogP contribution is -2.34. The summed E-state index contributed by atoms with van der Waals surface area (Å²) in [4.78, 5) is 30.7. The molecule has 1 aliphatic carbocycles. The summed E-state index contributed by atoms with van der Waals surface area (Å²) in [7, 11) is 0. The number of hydrogen-bond donors (Lipinski definition) is 2. The second kappa shape index (κ2) is 7.19. The van der Waals surface area contributed by atoms with Gasteiger partial charge in [0.1, 0.15) is 0 Å². The zero-order valence-corrected chi connectivity index (χ0v) is 15.6. The summed E-state index contributed by atoms with van der Waals surface area (Å²) in [6, 6.07) is 10.7. The maximum absolute atomic E-state index is 12.5. The summed E-state index contributed by atoms with van der Waals surface area (Å²) in [6.45, 7) is 1.81. The number of halogens is 1. The highest BCUT2D eigenvalue weighted by Crippen LogP contribution is 2.58. The lowest BCUT2D eigenvalue weighted by Gasteiger charge is -2.17. The predicted octanol–water partition coefficient (Wildman–Crippen LogP) is 3.30. The van der Waals surface area contributed by atoms with Crippen LogP contribution in [0.2, 0.25) is 5.02 Å². The number of aromatic nitrogens is 1. The SMILES string of the molecule is O=C(NCc1ccncc1)[C@H]1C[C@@]12CCN(C(=O)Nc1ccc(Cl)cc1)C2. The Morgan fingerprint density at radius 2 is 1.93 bits per heavy atom. The van der Waals surface area contributed by atoms with Gasteiger partial charge >= 0.3 is 6.03 Å². The van der Waals surface area contributed by atoms with Crippen molar-refractivity contribution in [3.05, 3.63) is 59.4 Å². The van der Waals surface area contributed by atoms with Crippen molar-refractivity contribution < 1.29 is 9.59 Å². The van der Waals surface area contributed by atoms with E-state index in [9.17, 15) is 9.59 Å². The third kappa shape index (κ3) is 3.90. The van der Waals surface area contributed by atoms with Gasteiger partial charge in [0.2, 0.25) is 5.91 Å². The van der Waals surface area contributed by atoms with Crippen LogP contribution in [0.15, 0.2) is 48.8 Å². The van der Waals surface area contributed by atoms with E-state index in [0.717, 1.165) is 18.4 Å². The van der Waals surface area contributed by atoms with Crippen LogP contribution in [-0.4, -0.2) is 34.9 Å². The standard InChI is InChI=1S/C20H21ClN4O2/c21-15-1-3-16(4-2-15)24-19(27)25-10-7-20(13-25)11-17(20)18(26)23-12-14-5-8-22-9-6-14/h1-6,8-9,17H,7,10-13H2,(H,23,26)(H,24,27)/t17-,20-/m1/s1. The van der Waals surface area contributed by atoms with Gasteiger partial charge in [0.05, 0.1) is 0 Å². The van der Waals surface area contributed by atoms with Crippen molar-refractivity contribution in [1.82, 2.24) is 15.2 Å². The number of nitrogens with one attached hydrogen (secondary N) is 2. The van der Waals surface area contributed by atoms with Crippen molar-refractivity contribution in [2.75, 3.05) is 18.4 Å². The molecule has 0 radical (unpaired) electrons. The molecule has 6 nitrogen and oxygen atoms in total. The first-order valence-electron chi connectivity index (χ1n) is 9.04. The fraction of sp³-hybridized carbons (Fsp3) is 0.350. The average Bonchev–Trinajstić information content (AvgIpc) is 3.22.